The normalized spacial score (nSPS) is 12.6. The molecule has 0 fully saturated rings. The zero-order chi connectivity index (χ0) is 21.2. The summed E-state index contributed by atoms with van der Waals surface area (Å²) < 4.78 is 39.9. The highest BCUT2D eigenvalue weighted by atomic mass is 32.2. The first kappa shape index (κ1) is 20.9. The van der Waals surface area contributed by atoms with E-state index >= 15 is 0 Å². The molecule has 0 aliphatic heterocycles. The van der Waals surface area contributed by atoms with E-state index in [1.165, 1.54) is 7.05 Å². The average Bonchev–Trinajstić information content (AvgIpc) is 3.00. The number of carbonyl (C=O) groups excluding carboxylic acids is 1. The Labute approximate surface area is 170 Å². The number of carbonyl (C=O) groups is 1. The second kappa shape index (κ2) is 8.28. The fourth-order valence-corrected chi connectivity index (χ4v) is 3.93. The van der Waals surface area contributed by atoms with Gasteiger partial charge in [-0.1, -0.05) is 48.2 Å². The van der Waals surface area contributed by atoms with Crippen LogP contribution in [0.4, 0.5) is 18.9 Å². The van der Waals surface area contributed by atoms with Crippen LogP contribution in [0.25, 0.3) is 0 Å². The van der Waals surface area contributed by atoms with Gasteiger partial charge in [-0.3, -0.25) is 4.79 Å². The molecule has 1 amide bonds. The molecule has 1 N–H and O–H groups in total. The summed E-state index contributed by atoms with van der Waals surface area (Å²) in [6.07, 6.45) is -4.62. The predicted molar refractivity (Wildman–Crippen MR) is 106 cm³/mol. The molecule has 3 aromatic rings. The first-order valence-corrected chi connectivity index (χ1v) is 9.60. The number of nitrogens with zero attached hydrogens (tertiary/aromatic N) is 3. The molecule has 9 heteroatoms. The number of hydrogen-bond donors (Lipinski definition) is 1. The summed E-state index contributed by atoms with van der Waals surface area (Å²) in [4.78, 5) is 13.0. The number of nitrogens with one attached hydrogen (secondary N) is 1. The third kappa shape index (κ3) is 4.97. The lowest BCUT2D eigenvalue weighted by molar-refractivity contribution is -0.147. The average molecular weight is 420 g/mol. The molecule has 0 bridgehead atoms. The molecular weight excluding hydrogens is 401 g/mol. The van der Waals surface area contributed by atoms with Crippen LogP contribution in [0, 0.1) is 13.8 Å². The molecule has 0 aliphatic rings. The summed E-state index contributed by atoms with van der Waals surface area (Å²) >= 11 is 0.918. The molecule has 1 heterocycles. The van der Waals surface area contributed by atoms with Gasteiger partial charge in [0.2, 0.25) is 11.7 Å². The maximum Gasteiger partial charge on any atom is 0.451 e. The molecule has 1 aromatic heterocycles. The maximum atomic E-state index is 13.0. The van der Waals surface area contributed by atoms with Gasteiger partial charge in [0, 0.05) is 12.7 Å². The van der Waals surface area contributed by atoms with Crippen molar-refractivity contribution in [2.24, 2.45) is 7.05 Å². The molecule has 0 saturated heterocycles. The largest absolute Gasteiger partial charge is 0.451 e. The molecule has 0 spiro atoms. The van der Waals surface area contributed by atoms with Gasteiger partial charge >= 0.3 is 6.18 Å². The highest BCUT2D eigenvalue weighted by molar-refractivity contribution is 8.00. The van der Waals surface area contributed by atoms with Crippen LogP contribution in [0.1, 0.15) is 27.8 Å². The van der Waals surface area contributed by atoms with Gasteiger partial charge < -0.3 is 9.88 Å². The number of thioether (sulfide) groups is 1. The summed E-state index contributed by atoms with van der Waals surface area (Å²) in [6, 6.07) is 14.5. The summed E-state index contributed by atoms with van der Waals surface area (Å²) in [5.74, 6) is -1.47. The summed E-state index contributed by atoms with van der Waals surface area (Å²) in [5, 5.41) is 8.93. The molecule has 2 aromatic carbocycles. The molecule has 3 rings (SSSR count). The molecular formula is C20H19F3N4OS. The van der Waals surface area contributed by atoms with E-state index in [0.29, 0.717) is 11.3 Å². The Morgan fingerprint density at radius 2 is 1.69 bits per heavy atom. The zero-order valence-electron chi connectivity index (χ0n) is 16.0. The van der Waals surface area contributed by atoms with E-state index in [1.807, 2.05) is 32.0 Å². The number of hydrogen-bond acceptors (Lipinski definition) is 4. The Bertz CT molecular complexity index is 998. The standard InChI is InChI=1S/C20H19F3N4OS/c1-12-9-13(2)11-15(10-12)24-17(28)16(14-7-5-4-6-8-14)29-19-26-25-18(27(19)3)20(21,22)23/h4-11,16H,1-3H3,(H,24,28)/t16-/m0/s1. The van der Waals surface area contributed by atoms with Gasteiger partial charge in [0.15, 0.2) is 5.16 Å². The fourth-order valence-electron chi connectivity index (χ4n) is 2.93. The van der Waals surface area contributed by atoms with Crippen molar-refractivity contribution in [1.29, 1.82) is 0 Å². The van der Waals surface area contributed by atoms with Gasteiger partial charge in [-0.2, -0.15) is 13.2 Å². The molecule has 152 valence electrons. The molecule has 29 heavy (non-hydrogen) atoms. The van der Waals surface area contributed by atoms with E-state index in [4.69, 9.17) is 0 Å². The number of aromatic nitrogens is 3. The van der Waals surface area contributed by atoms with E-state index in [1.54, 1.807) is 30.3 Å². The number of alkyl halides is 3. The third-order valence-corrected chi connectivity index (χ3v) is 5.43. The second-order valence-electron chi connectivity index (χ2n) is 6.64. The number of rotatable bonds is 5. The van der Waals surface area contributed by atoms with Crippen molar-refractivity contribution in [2.75, 3.05) is 5.32 Å². The lowest BCUT2D eigenvalue weighted by Crippen LogP contribution is -2.20. The maximum absolute atomic E-state index is 13.0. The van der Waals surface area contributed by atoms with Crippen molar-refractivity contribution in [1.82, 2.24) is 14.8 Å². The molecule has 0 saturated carbocycles. The number of anilines is 1. The Kier molecular flexibility index (Phi) is 5.97. The predicted octanol–water partition coefficient (Wildman–Crippen LogP) is 4.92. The zero-order valence-corrected chi connectivity index (χ0v) is 16.8. The molecule has 1 atom stereocenters. The van der Waals surface area contributed by atoms with Crippen molar-refractivity contribution in [3.63, 3.8) is 0 Å². The van der Waals surface area contributed by atoms with Crippen LogP contribution < -0.4 is 5.32 Å². The van der Waals surface area contributed by atoms with E-state index in [0.717, 1.165) is 27.5 Å². The van der Waals surface area contributed by atoms with E-state index in [9.17, 15) is 18.0 Å². The number of halogens is 3. The minimum atomic E-state index is -4.62. The Hall–Kier alpha value is -2.81. The summed E-state index contributed by atoms with van der Waals surface area (Å²) in [7, 11) is 1.23. The van der Waals surface area contributed by atoms with Crippen molar-refractivity contribution in [3.8, 4) is 0 Å². The number of amides is 1. The molecule has 0 radical (unpaired) electrons. The summed E-state index contributed by atoms with van der Waals surface area (Å²) in [5.41, 5.74) is 3.26. The fraction of sp³-hybridized carbons (Fsp3) is 0.250. The highest BCUT2D eigenvalue weighted by Gasteiger charge is 2.38. The minimum absolute atomic E-state index is 0.00162. The van der Waals surface area contributed by atoms with Crippen LogP contribution in [0.15, 0.2) is 53.7 Å². The first-order valence-electron chi connectivity index (χ1n) is 8.72. The molecule has 0 aliphatic carbocycles. The highest BCUT2D eigenvalue weighted by Crippen LogP contribution is 2.37. The Balaban J connectivity index is 1.92. The van der Waals surface area contributed by atoms with E-state index in [2.05, 4.69) is 15.5 Å². The van der Waals surface area contributed by atoms with Crippen LogP contribution in [-0.4, -0.2) is 20.7 Å². The second-order valence-corrected chi connectivity index (χ2v) is 7.71. The molecule has 0 unspecified atom stereocenters. The minimum Gasteiger partial charge on any atom is -0.325 e. The van der Waals surface area contributed by atoms with Crippen molar-refractivity contribution in [2.45, 2.75) is 30.4 Å². The summed E-state index contributed by atoms with van der Waals surface area (Å²) in [6.45, 7) is 3.84. The van der Waals surface area contributed by atoms with Gasteiger partial charge in [-0.15, -0.1) is 10.2 Å². The van der Waals surface area contributed by atoms with Gasteiger partial charge in [0.1, 0.15) is 5.25 Å². The van der Waals surface area contributed by atoms with Gasteiger partial charge in [0.25, 0.3) is 0 Å². The van der Waals surface area contributed by atoms with Crippen molar-refractivity contribution >= 4 is 23.4 Å². The van der Waals surface area contributed by atoms with Crippen LogP contribution >= 0.6 is 11.8 Å². The van der Waals surface area contributed by atoms with Gasteiger partial charge in [-0.25, -0.2) is 0 Å². The lowest BCUT2D eigenvalue weighted by Gasteiger charge is -2.17. The lowest BCUT2D eigenvalue weighted by atomic mass is 10.1. The van der Waals surface area contributed by atoms with E-state index in [-0.39, 0.29) is 11.1 Å². The third-order valence-electron chi connectivity index (χ3n) is 4.14. The Morgan fingerprint density at radius 3 is 2.24 bits per heavy atom. The van der Waals surface area contributed by atoms with Crippen LogP contribution in [0.5, 0.6) is 0 Å². The van der Waals surface area contributed by atoms with Gasteiger partial charge in [-0.05, 0) is 42.7 Å². The van der Waals surface area contributed by atoms with Crippen LogP contribution in [0.2, 0.25) is 0 Å². The number of benzene rings is 2. The topological polar surface area (TPSA) is 59.8 Å². The molecule has 5 nitrogen and oxygen atoms in total. The van der Waals surface area contributed by atoms with Crippen LogP contribution in [0.3, 0.4) is 0 Å². The SMILES string of the molecule is Cc1cc(C)cc(NC(=O)[C@@H](Sc2nnc(C(F)(F)F)n2C)c2ccccc2)c1. The smallest absolute Gasteiger partial charge is 0.325 e. The quantitative estimate of drug-likeness (QED) is 0.595. The van der Waals surface area contributed by atoms with Crippen molar-refractivity contribution in [3.05, 3.63) is 71.0 Å². The number of aryl methyl sites for hydroxylation is 2. The van der Waals surface area contributed by atoms with Crippen LogP contribution in [-0.2, 0) is 18.0 Å². The van der Waals surface area contributed by atoms with Crippen molar-refractivity contribution < 1.29 is 18.0 Å². The monoisotopic (exact) mass is 420 g/mol. The van der Waals surface area contributed by atoms with Gasteiger partial charge in [0.05, 0.1) is 0 Å². The Morgan fingerprint density at radius 1 is 1.07 bits per heavy atom. The first-order chi connectivity index (χ1) is 13.6. The van der Waals surface area contributed by atoms with E-state index < -0.39 is 17.3 Å².